The van der Waals surface area contributed by atoms with Crippen LogP contribution in [0.1, 0.15) is 0 Å². The van der Waals surface area contributed by atoms with Crippen LogP contribution in [0.5, 0.6) is 0 Å². The van der Waals surface area contributed by atoms with Crippen molar-refractivity contribution in [3.05, 3.63) is 48.0 Å². The second-order valence-corrected chi connectivity index (χ2v) is 4.69. The Hall–Kier alpha value is -2.07. The van der Waals surface area contributed by atoms with E-state index in [-0.39, 0.29) is 0 Å². The Bertz CT molecular complexity index is 643. The second kappa shape index (κ2) is 4.07. The molecule has 17 heavy (non-hydrogen) atoms. The number of thiophene rings is 1. The van der Waals surface area contributed by atoms with Gasteiger partial charge in [0.2, 0.25) is 0 Å². The lowest BCUT2D eigenvalue weighted by Gasteiger charge is -2.06. The van der Waals surface area contributed by atoms with E-state index in [1.54, 1.807) is 11.3 Å². The summed E-state index contributed by atoms with van der Waals surface area (Å²) >= 11 is 1.71. The van der Waals surface area contributed by atoms with Crippen LogP contribution >= 0.6 is 11.3 Å². The fourth-order valence-electron chi connectivity index (χ4n) is 1.70. The molecule has 3 aromatic rings. The van der Waals surface area contributed by atoms with Gasteiger partial charge >= 0.3 is 0 Å². The number of nitrogens with two attached hydrogens (primary N) is 1. The van der Waals surface area contributed by atoms with E-state index in [2.05, 4.69) is 21.7 Å². The zero-order valence-electron chi connectivity index (χ0n) is 9.05. The molecule has 0 atom stereocenters. The third-order valence-corrected chi connectivity index (χ3v) is 3.44. The first-order valence-electron chi connectivity index (χ1n) is 5.28. The van der Waals surface area contributed by atoms with E-state index in [1.165, 1.54) is 4.70 Å². The highest BCUT2D eigenvalue weighted by Gasteiger charge is 2.03. The molecular formula is C13H11N3S. The minimum Gasteiger partial charge on any atom is -0.399 e. The van der Waals surface area contributed by atoms with E-state index in [4.69, 9.17) is 5.73 Å². The van der Waals surface area contributed by atoms with Crippen LogP contribution in [-0.4, -0.2) is 4.98 Å². The number of nitrogens with one attached hydrogen (secondary N) is 1. The standard InChI is InChI=1S/C13H11N3S/c14-9-1-3-10(4-2-9)16-13-11-6-8-17-12(11)5-7-15-13/h1-8H,14H2,(H,15,16). The average molecular weight is 241 g/mol. The van der Waals surface area contributed by atoms with Crippen molar-refractivity contribution in [3.8, 4) is 0 Å². The van der Waals surface area contributed by atoms with Crippen molar-refractivity contribution in [1.29, 1.82) is 0 Å². The molecule has 3 rings (SSSR count). The van der Waals surface area contributed by atoms with Crippen molar-refractivity contribution in [2.45, 2.75) is 0 Å². The van der Waals surface area contributed by atoms with Crippen molar-refractivity contribution < 1.29 is 0 Å². The quantitative estimate of drug-likeness (QED) is 0.674. The smallest absolute Gasteiger partial charge is 0.139 e. The molecule has 0 saturated heterocycles. The molecule has 0 fully saturated rings. The molecule has 0 aliphatic carbocycles. The molecule has 2 heterocycles. The lowest BCUT2D eigenvalue weighted by Crippen LogP contribution is -1.93. The van der Waals surface area contributed by atoms with E-state index in [9.17, 15) is 0 Å². The highest BCUT2D eigenvalue weighted by Crippen LogP contribution is 2.28. The molecule has 4 heteroatoms. The van der Waals surface area contributed by atoms with Crippen molar-refractivity contribution in [1.82, 2.24) is 4.98 Å². The van der Waals surface area contributed by atoms with Crippen LogP contribution < -0.4 is 11.1 Å². The first-order valence-corrected chi connectivity index (χ1v) is 6.16. The molecule has 1 aromatic carbocycles. The van der Waals surface area contributed by atoms with Gasteiger partial charge in [0, 0.05) is 27.7 Å². The summed E-state index contributed by atoms with van der Waals surface area (Å²) in [6, 6.07) is 11.7. The summed E-state index contributed by atoms with van der Waals surface area (Å²) in [7, 11) is 0. The Labute approximate surface area is 103 Å². The molecule has 0 aliphatic rings. The van der Waals surface area contributed by atoms with Gasteiger partial charge in [-0.2, -0.15) is 0 Å². The Morgan fingerprint density at radius 2 is 1.88 bits per heavy atom. The number of nitrogen functional groups attached to an aromatic ring is 1. The molecule has 0 radical (unpaired) electrons. The summed E-state index contributed by atoms with van der Waals surface area (Å²) < 4.78 is 1.23. The molecule has 0 spiro atoms. The molecule has 0 amide bonds. The zero-order valence-corrected chi connectivity index (χ0v) is 9.87. The Balaban J connectivity index is 1.99. The van der Waals surface area contributed by atoms with Gasteiger partial charge in [-0.05, 0) is 41.8 Å². The molecule has 3 N–H and O–H groups in total. The van der Waals surface area contributed by atoms with Crippen LogP contribution in [0.25, 0.3) is 10.1 Å². The highest BCUT2D eigenvalue weighted by molar-refractivity contribution is 7.17. The van der Waals surface area contributed by atoms with E-state index < -0.39 is 0 Å². The summed E-state index contributed by atoms with van der Waals surface area (Å²) in [5.74, 6) is 0.883. The maximum Gasteiger partial charge on any atom is 0.139 e. The van der Waals surface area contributed by atoms with Crippen molar-refractivity contribution in [2.75, 3.05) is 11.1 Å². The molecule has 84 valence electrons. The number of aromatic nitrogens is 1. The normalized spacial score (nSPS) is 10.6. The molecule has 0 unspecified atom stereocenters. The van der Waals surface area contributed by atoms with E-state index >= 15 is 0 Å². The second-order valence-electron chi connectivity index (χ2n) is 3.74. The third kappa shape index (κ3) is 1.94. The number of benzene rings is 1. The zero-order chi connectivity index (χ0) is 11.7. The molecule has 3 nitrogen and oxygen atoms in total. The van der Waals surface area contributed by atoms with Gasteiger partial charge in [0.1, 0.15) is 5.82 Å². The average Bonchev–Trinajstić information content (AvgIpc) is 2.81. The third-order valence-electron chi connectivity index (χ3n) is 2.55. The predicted octanol–water partition coefficient (Wildman–Crippen LogP) is 3.62. The van der Waals surface area contributed by atoms with Crippen LogP contribution in [0.3, 0.4) is 0 Å². The van der Waals surface area contributed by atoms with Crippen LogP contribution in [0, 0.1) is 0 Å². The molecule has 2 aromatic heterocycles. The van der Waals surface area contributed by atoms with Gasteiger partial charge in [0.05, 0.1) is 0 Å². The Kier molecular flexibility index (Phi) is 2.42. The highest BCUT2D eigenvalue weighted by atomic mass is 32.1. The summed E-state index contributed by atoms with van der Waals surface area (Å²) in [5.41, 5.74) is 7.40. The van der Waals surface area contributed by atoms with Crippen molar-refractivity contribution in [2.24, 2.45) is 0 Å². The summed E-state index contributed by atoms with van der Waals surface area (Å²) in [6.07, 6.45) is 1.82. The van der Waals surface area contributed by atoms with Gasteiger partial charge < -0.3 is 11.1 Å². The van der Waals surface area contributed by atoms with Crippen LogP contribution in [-0.2, 0) is 0 Å². The van der Waals surface area contributed by atoms with Crippen LogP contribution in [0.15, 0.2) is 48.0 Å². The number of anilines is 3. The number of nitrogens with zero attached hydrogens (tertiary/aromatic N) is 1. The molecular weight excluding hydrogens is 230 g/mol. The molecule has 0 bridgehead atoms. The van der Waals surface area contributed by atoms with Crippen molar-refractivity contribution in [3.63, 3.8) is 0 Å². The van der Waals surface area contributed by atoms with Gasteiger partial charge in [0.15, 0.2) is 0 Å². The minimum atomic E-state index is 0.761. The topological polar surface area (TPSA) is 50.9 Å². The summed E-state index contributed by atoms with van der Waals surface area (Å²) in [5, 5.41) is 6.52. The lowest BCUT2D eigenvalue weighted by molar-refractivity contribution is 1.34. The Morgan fingerprint density at radius 1 is 1.06 bits per heavy atom. The van der Waals surface area contributed by atoms with Gasteiger partial charge in [-0.1, -0.05) is 0 Å². The Morgan fingerprint density at radius 3 is 2.71 bits per heavy atom. The molecule has 0 aliphatic heterocycles. The van der Waals surface area contributed by atoms with Gasteiger partial charge in [-0.15, -0.1) is 11.3 Å². The fourth-order valence-corrected chi connectivity index (χ4v) is 2.48. The SMILES string of the molecule is Nc1ccc(Nc2nccc3sccc23)cc1. The maximum absolute atomic E-state index is 5.65. The maximum atomic E-state index is 5.65. The largest absolute Gasteiger partial charge is 0.399 e. The number of hydrogen-bond acceptors (Lipinski definition) is 4. The van der Waals surface area contributed by atoms with E-state index in [1.807, 2.05) is 36.5 Å². The van der Waals surface area contributed by atoms with Crippen LogP contribution in [0.2, 0.25) is 0 Å². The predicted molar refractivity (Wildman–Crippen MR) is 73.8 cm³/mol. The number of pyridine rings is 1. The minimum absolute atomic E-state index is 0.761. The fraction of sp³-hybridized carbons (Fsp3) is 0. The molecule has 0 saturated carbocycles. The first-order chi connectivity index (χ1) is 8.33. The number of rotatable bonds is 2. The van der Waals surface area contributed by atoms with Gasteiger partial charge in [-0.25, -0.2) is 4.98 Å². The monoisotopic (exact) mass is 241 g/mol. The number of fused-ring (bicyclic) bond motifs is 1. The summed E-state index contributed by atoms with van der Waals surface area (Å²) in [4.78, 5) is 4.36. The van der Waals surface area contributed by atoms with Gasteiger partial charge in [0.25, 0.3) is 0 Å². The van der Waals surface area contributed by atoms with E-state index in [0.29, 0.717) is 0 Å². The first kappa shape index (κ1) is 10.1. The number of hydrogen-bond donors (Lipinski definition) is 2. The summed E-state index contributed by atoms with van der Waals surface area (Å²) in [6.45, 7) is 0. The van der Waals surface area contributed by atoms with Crippen LogP contribution in [0.4, 0.5) is 17.2 Å². The van der Waals surface area contributed by atoms with Crippen molar-refractivity contribution >= 4 is 38.6 Å². The lowest BCUT2D eigenvalue weighted by atomic mass is 10.2. The van der Waals surface area contributed by atoms with E-state index in [0.717, 1.165) is 22.6 Å². The van der Waals surface area contributed by atoms with Gasteiger partial charge in [-0.3, -0.25) is 0 Å².